The molecule has 3 fully saturated rings. The number of hydrogen-bond acceptors (Lipinski definition) is 20. The Bertz CT molecular complexity index is 1780. The molecule has 2 aromatic carbocycles. The van der Waals surface area contributed by atoms with Gasteiger partial charge in [0, 0.05) is 17.7 Å². The van der Waals surface area contributed by atoms with Crippen molar-refractivity contribution in [3.63, 3.8) is 0 Å². The predicted molar refractivity (Wildman–Crippen MR) is 171 cm³/mol. The lowest BCUT2D eigenvalue weighted by atomic mass is 9.97. The van der Waals surface area contributed by atoms with Crippen LogP contribution in [0.5, 0.6) is 23.0 Å². The zero-order valence-electron chi connectivity index (χ0n) is 27.7. The van der Waals surface area contributed by atoms with Crippen LogP contribution in [0.1, 0.15) is 6.92 Å². The largest absolute Gasteiger partial charge is 0.508 e. The molecular weight excluding hydrogens is 716 g/mol. The van der Waals surface area contributed by atoms with Crippen molar-refractivity contribution in [2.45, 2.75) is 99.0 Å². The van der Waals surface area contributed by atoms with Gasteiger partial charge in [0.2, 0.25) is 17.5 Å². The highest BCUT2D eigenvalue weighted by molar-refractivity contribution is 5.88. The van der Waals surface area contributed by atoms with E-state index >= 15 is 0 Å². The van der Waals surface area contributed by atoms with Gasteiger partial charge in [-0.2, -0.15) is 0 Å². The minimum atomic E-state index is -2.06. The lowest BCUT2D eigenvalue weighted by Gasteiger charge is -2.46. The molecular formula is C33H40O20. The molecule has 3 saturated heterocycles. The number of ether oxygens (including phenoxy) is 6. The number of aromatic hydroxyl groups is 3. The number of rotatable bonds is 9. The van der Waals surface area contributed by atoms with E-state index in [4.69, 9.17) is 32.8 Å². The summed E-state index contributed by atoms with van der Waals surface area (Å²) in [5, 5.41) is 124. The van der Waals surface area contributed by atoms with Crippen LogP contribution in [0.25, 0.3) is 22.3 Å². The van der Waals surface area contributed by atoms with Gasteiger partial charge in [-0.1, -0.05) is 0 Å². The Morgan fingerprint density at radius 2 is 1.30 bits per heavy atom. The number of fused-ring (bicyclic) bond motifs is 1. The van der Waals surface area contributed by atoms with Gasteiger partial charge in [0.15, 0.2) is 24.4 Å². The van der Waals surface area contributed by atoms with E-state index in [1.807, 2.05) is 0 Å². The molecule has 20 heteroatoms. The summed E-state index contributed by atoms with van der Waals surface area (Å²) in [7, 11) is 0. The molecule has 4 heterocycles. The second-order valence-electron chi connectivity index (χ2n) is 12.9. The molecule has 1 aromatic heterocycles. The quantitative estimate of drug-likeness (QED) is 0.100. The summed E-state index contributed by atoms with van der Waals surface area (Å²) in [5.41, 5.74) is -1.23. The molecule has 0 saturated carbocycles. The van der Waals surface area contributed by atoms with Crippen molar-refractivity contribution in [2.75, 3.05) is 13.2 Å². The molecule has 3 aliphatic rings. The van der Waals surface area contributed by atoms with Gasteiger partial charge < -0.3 is 94.1 Å². The monoisotopic (exact) mass is 756 g/mol. The van der Waals surface area contributed by atoms with Gasteiger partial charge >= 0.3 is 0 Å². The van der Waals surface area contributed by atoms with Gasteiger partial charge in [0.05, 0.1) is 19.3 Å². The Morgan fingerprint density at radius 1 is 0.679 bits per heavy atom. The van der Waals surface area contributed by atoms with Crippen LogP contribution in [0.4, 0.5) is 0 Å². The fraction of sp³-hybridized carbons (Fsp3) is 0.545. The zero-order valence-corrected chi connectivity index (χ0v) is 27.7. The first kappa shape index (κ1) is 39.0. The Balaban J connectivity index is 1.39. The van der Waals surface area contributed by atoms with Crippen LogP contribution >= 0.6 is 0 Å². The molecule has 53 heavy (non-hydrogen) atoms. The van der Waals surface area contributed by atoms with E-state index < -0.39 is 133 Å². The van der Waals surface area contributed by atoms with Crippen LogP contribution in [0.2, 0.25) is 0 Å². The summed E-state index contributed by atoms with van der Waals surface area (Å²) < 4.78 is 40.0. The number of phenolic OH excluding ortho intramolecular Hbond substituents is 3. The van der Waals surface area contributed by atoms with Gasteiger partial charge in [-0.05, 0) is 31.2 Å². The first-order chi connectivity index (χ1) is 25.1. The lowest BCUT2D eigenvalue weighted by molar-refractivity contribution is -0.362. The fourth-order valence-electron chi connectivity index (χ4n) is 6.25. The molecule has 12 N–H and O–H groups in total. The molecule has 3 aromatic rings. The third-order valence-corrected chi connectivity index (χ3v) is 9.30. The smallest absolute Gasteiger partial charge is 0.239 e. The van der Waals surface area contributed by atoms with E-state index in [2.05, 4.69) is 0 Å². The van der Waals surface area contributed by atoms with Crippen molar-refractivity contribution in [1.82, 2.24) is 0 Å². The van der Waals surface area contributed by atoms with Gasteiger partial charge in [-0.25, -0.2) is 0 Å². The highest BCUT2D eigenvalue weighted by atomic mass is 16.8. The van der Waals surface area contributed by atoms with Crippen LogP contribution in [0.3, 0.4) is 0 Å². The number of aliphatic hydroxyl groups is 9. The van der Waals surface area contributed by atoms with Crippen LogP contribution in [0.15, 0.2) is 45.6 Å². The molecule has 292 valence electrons. The van der Waals surface area contributed by atoms with E-state index in [1.165, 1.54) is 31.2 Å². The second kappa shape index (κ2) is 15.6. The summed E-state index contributed by atoms with van der Waals surface area (Å²) in [4.78, 5) is 14.0. The van der Waals surface area contributed by atoms with E-state index in [1.54, 1.807) is 0 Å². The summed E-state index contributed by atoms with van der Waals surface area (Å²) >= 11 is 0. The first-order valence-electron chi connectivity index (χ1n) is 16.4. The maximum absolute atomic E-state index is 14.0. The van der Waals surface area contributed by atoms with Crippen molar-refractivity contribution in [3.05, 3.63) is 46.6 Å². The summed E-state index contributed by atoms with van der Waals surface area (Å²) in [6.45, 7) is -0.140. The number of aliphatic hydroxyl groups excluding tert-OH is 9. The Morgan fingerprint density at radius 3 is 1.98 bits per heavy atom. The molecule has 15 atom stereocenters. The van der Waals surface area contributed by atoms with Crippen LogP contribution < -0.4 is 10.2 Å². The van der Waals surface area contributed by atoms with Gasteiger partial charge in [0.25, 0.3) is 0 Å². The molecule has 3 aliphatic heterocycles. The summed E-state index contributed by atoms with van der Waals surface area (Å²) in [5.74, 6) is -2.39. The molecule has 0 amide bonds. The number of hydrogen-bond donors (Lipinski definition) is 12. The van der Waals surface area contributed by atoms with Crippen LogP contribution in [-0.2, 0) is 23.7 Å². The Kier molecular flexibility index (Phi) is 11.5. The number of phenols is 3. The third-order valence-electron chi connectivity index (χ3n) is 9.30. The highest BCUT2D eigenvalue weighted by Gasteiger charge is 2.52. The SMILES string of the molecule is C[C@H]1O[C@@H](OC[C@@H]2O[C@H](Oc3c(-c4ccc(O)cc4)oc4cc(O)cc(O)c4c3=O)[C@@H](O[C@@H]3O[C@H](CO)[C@@H](O)[C@H](O)[C@@H]3O)[C@H](O)[C@H]2O)[C@H](O)[C@H](O)[C@H]1O. The minimum Gasteiger partial charge on any atom is -0.508 e. The predicted octanol–water partition coefficient (Wildman–Crippen LogP) is -3.57. The molecule has 0 bridgehead atoms. The summed E-state index contributed by atoms with van der Waals surface area (Å²) in [6.07, 6.45) is -26.1. The van der Waals surface area contributed by atoms with Crippen LogP contribution in [-0.4, -0.2) is 167 Å². The number of benzene rings is 2. The maximum atomic E-state index is 14.0. The average molecular weight is 757 g/mol. The molecule has 20 nitrogen and oxygen atoms in total. The van der Waals surface area contributed by atoms with Gasteiger partial charge in [-0.15, -0.1) is 0 Å². The van der Waals surface area contributed by atoms with Crippen molar-refractivity contribution >= 4 is 11.0 Å². The molecule has 0 spiro atoms. The molecule has 0 radical (unpaired) electrons. The second-order valence-corrected chi connectivity index (χ2v) is 12.9. The zero-order chi connectivity index (χ0) is 38.5. The molecule has 6 rings (SSSR count). The topological polar surface area (TPSA) is 328 Å². The van der Waals surface area contributed by atoms with Gasteiger partial charge in [0.1, 0.15) is 89.3 Å². The third kappa shape index (κ3) is 7.52. The van der Waals surface area contributed by atoms with Gasteiger partial charge in [-0.3, -0.25) is 4.79 Å². The Hall–Kier alpha value is -3.71. The normalized spacial score (nSPS) is 37.8. The van der Waals surface area contributed by atoms with Crippen molar-refractivity contribution in [3.8, 4) is 34.3 Å². The molecule has 0 unspecified atom stereocenters. The van der Waals surface area contributed by atoms with E-state index in [0.717, 1.165) is 12.1 Å². The van der Waals surface area contributed by atoms with E-state index in [-0.39, 0.29) is 22.7 Å². The van der Waals surface area contributed by atoms with Crippen molar-refractivity contribution in [2.24, 2.45) is 0 Å². The van der Waals surface area contributed by atoms with Crippen molar-refractivity contribution in [1.29, 1.82) is 0 Å². The van der Waals surface area contributed by atoms with Crippen LogP contribution in [0, 0.1) is 0 Å². The summed E-state index contributed by atoms with van der Waals surface area (Å²) in [6, 6.07) is 7.05. The average Bonchev–Trinajstić information content (AvgIpc) is 3.12. The maximum Gasteiger partial charge on any atom is 0.239 e. The minimum absolute atomic E-state index is 0.112. The van der Waals surface area contributed by atoms with Crippen molar-refractivity contribution < 1.29 is 94.1 Å². The standard InChI is InChI=1S/C33H40O20/c1-10-19(38)23(42)26(45)31(48-10)47-9-17-21(40)25(44)30(53-32-27(46)24(43)20(39)16(8-34)50-32)33(51-17)52-29-22(41)18-14(37)6-13(36)7-15(18)49-28(29)11-2-4-12(35)5-3-11/h2-7,10,16-17,19-21,23-27,30-40,42-46H,8-9H2,1H3/t10-,16-,17+,19+,20-,21+,23-,24+,25-,26-,27+,30+,31-,32+,33-/m1/s1. The molecule has 0 aliphatic carbocycles. The lowest BCUT2D eigenvalue weighted by Crippen LogP contribution is -2.65. The van der Waals surface area contributed by atoms with E-state index in [9.17, 15) is 66.1 Å². The first-order valence-corrected chi connectivity index (χ1v) is 16.4. The Labute approximate surface area is 298 Å². The fourth-order valence-corrected chi connectivity index (χ4v) is 6.25. The highest BCUT2D eigenvalue weighted by Crippen LogP contribution is 2.38. The van der Waals surface area contributed by atoms with E-state index in [0.29, 0.717) is 0 Å².